The summed E-state index contributed by atoms with van der Waals surface area (Å²) in [5, 5.41) is 0. The number of unbranched alkanes of at least 4 members (excludes halogenated alkanes) is 2. The lowest BCUT2D eigenvalue weighted by molar-refractivity contribution is 0.0426. The van der Waals surface area contributed by atoms with Gasteiger partial charge in [0.2, 0.25) is 0 Å². The smallest absolute Gasteiger partial charge is 0.145 e. The monoisotopic (exact) mass is 220 g/mol. The van der Waals surface area contributed by atoms with Crippen LogP contribution in [-0.2, 0) is 13.9 Å². The van der Waals surface area contributed by atoms with E-state index < -0.39 is 0 Å². The molecule has 0 N–H and O–H groups in total. The normalized spacial score (nSPS) is 10.9. The van der Waals surface area contributed by atoms with Gasteiger partial charge < -0.3 is 13.9 Å². The van der Waals surface area contributed by atoms with Crippen LogP contribution < -0.4 is 0 Å². The first-order valence-corrected chi connectivity index (χ1v) is 6.38. The Bertz CT molecular complexity index is 89.4. The summed E-state index contributed by atoms with van der Waals surface area (Å²) in [5.41, 5.74) is 0. The van der Waals surface area contributed by atoms with Crippen LogP contribution in [0.15, 0.2) is 0 Å². The summed E-state index contributed by atoms with van der Waals surface area (Å²) in [4.78, 5) is 0. The molecule has 0 aromatic rings. The third-order valence-electron chi connectivity index (χ3n) is 1.90. The van der Waals surface area contributed by atoms with E-state index in [-0.39, 0.29) is 0 Å². The Labute approximate surface area is 90.7 Å². The van der Waals surface area contributed by atoms with E-state index >= 15 is 0 Å². The van der Waals surface area contributed by atoms with Crippen molar-refractivity contribution < 1.29 is 13.9 Å². The molecule has 0 saturated heterocycles. The number of rotatable bonds is 11. The van der Waals surface area contributed by atoms with E-state index in [1.165, 1.54) is 19.3 Å². The van der Waals surface area contributed by atoms with Crippen LogP contribution in [0.3, 0.4) is 0 Å². The highest BCUT2D eigenvalue weighted by molar-refractivity contribution is 5.97. The SMILES string of the molecule is CCCCCOCCOCCCO[SiH3]. The molecule has 14 heavy (non-hydrogen) atoms. The second kappa shape index (κ2) is 13.1. The van der Waals surface area contributed by atoms with E-state index in [9.17, 15) is 0 Å². The molecule has 0 bridgehead atoms. The second-order valence-corrected chi connectivity index (χ2v) is 3.86. The minimum Gasteiger partial charge on any atom is -0.428 e. The molecule has 0 rings (SSSR count). The zero-order valence-corrected chi connectivity index (χ0v) is 11.6. The molecule has 0 spiro atoms. The first-order chi connectivity index (χ1) is 6.91. The minimum atomic E-state index is 0.716. The van der Waals surface area contributed by atoms with E-state index in [1.807, 2.05) is 0 Å². The van der Waals surface area contributed by atoms with Crippen molar-refractivity contribution in [3.8, 4) is 0 Å². The van der Waals surface area contributed by atoms with Crippen LogP contribution >= 0.6 is 0 Å². The highest BCUT2D eigenvalue weighted by atomic mass is 28.2. The summed E-state index contributed by atoms with van der Waals surface area (Å²) in [6.07, 6.45) is 4.68. The molecule has 0 aliphatic rings. The van der Waals surface area contributed by atoms with Gasteiger partial charge in [-0.15, -0.1) is 0 Å². The molecule has 0 atom stereocenters. The Morgan fingerprint density at radius 1 is 0.786 bits per heavy atom. The van der Waals surface area contributed by atoms with Crippen molar-refractivity contribution in [3.05, 3.63) is 0 Å². The molecular formula is C10H24O3Si. The van der Waals surface area contributed by atoms with Crippen LogP contribution in [0, 0.1) is 0 Å². The largest absolute Gasteiger partial charge is 0.428 e. The maximum Gasteiger partial charge on any atom is 0.145 e. The Kier molecular flexibility index (Phi) is 13.2. The molecule has 0 heterocycles. The van der Waals surface area contributed by atoms with Crippen molar-refractivity contribution in [2.45, 2.75) is 32.6 Å². The molecule has 4 heteroatoms. The highest BCUT2D eigenvalue weighted by Gasteiger charge is 1.90. The van der Waals surface area contributed by atoms with Gasteiger partial charge in [-0.2, -0.15) is 0 Å². The van der Waals surface area contributed by atoms with Gasteiger partial charge in [0.25, 0.3) is 0 Å². The molecule has 0 unspecified atom stereocenters. The van der Waals surface area contributed by atoms with Crippen LogP contribution in [0.4, 0.5) is 0 Å². The second-order valence-electron chi connectivity index (χ2n) is 3.28. The Morgan fingerprint density at radius 2 is 1.43 bits per heavy atom. The maximum absolute atomic E-state index is 5.39. The van der Waals surface area contributed by atoms with E-state index in [2.05, 4.69) is 6.92 Å². The van der Waals surface area contributed by atoms with E-state index in [0.29, 0.717) is 6.61 Å². The van der Waals surface area contributed by atoms with E-state index in [1.54, 1.807) is 0 Å². The predicted molar refractivity (Wildman–Crippen MR) is 61.7 cm³/mol. The molecule has 3 nitrogen and oxygen atoms in total. The lowest BCUT2D eigenvalue weighted by Crippen LogP contribution is -2.07. The fourth-order valence-corrected chi connectivity index (χ4v) is 1.37. The Hall–Kier alpha value is 0.0969. The third-order valence-corrected chi connectivity index (χ3v) is 2.31. The first kappa shape index (κ1) is 14.1. The standard InChI is InChI=1S/C10H24O3Si/c1-2-3-4-6-11-9-10-12-7-5-8-13-14/h2-10H2,1,14H3. The van der Waals surface area contributed by atoms with Gasteiger partial charge in [0, 0.05) is 19.8 Å². The van der Waals surface area contributed by atoms with Gasteiger partial charge in [0.15, 0.2) is 0 Å². The first-order valence-electron chi connectivity index (χ1n) is 5.56. The zero-order chi connectivity index (χ0) is 10.5. The van der Waals surface area contributed by atoms with Crippen molar-refractivity contribution in [2.75, 3.05) is 33.0 Å². The van der Waals surface area contributed by atoms with Crippen LogP contribution in [0.5, 0.6) is 0 Å². The highest BCUT2D eigenvalue weighted by Crippen LogP contribution is 1.93. The van der Waals surface area contributed by atoms with Gasteiger partial charge in [0.1, 0.15) is 10.5 Å². The fourth-order valence-electron chi connectivity index (χ4n) is 1.08. The van der Waals surface area contributed by atoms with Gasteiger partial charge in [-0.25, -0.2) is 0 Å². The van der Waals surface area contributed by atoms with Crippen LogP contribution in [-0.4, -0.2) is 43.5 Å². The van der Waals surface area contributed by atoms with Crippen molar-refractivity contribution in [3.63, 3.8) is 0 Å². The van der Waals surface area contributed by atoms with E-state index in [4.69, 9.17) is 13.9 Å². The third kappa shape index (κ3) is 12.1. The van der Waals surface area contributed by atoms with Gasteiger partial charge in [-0.05, 0) is 12.8 Å². The van der Waals surface area contributed by atoms with Crippen molar-refractivity contribution >= 4 is 10.5 Å². The quantitative estimate of drug-likeness (QED) is 0.382. The molecule has 0 aliphatic heterocycles. The van der Waals surface area contributed by atoms with Crippen LogP contribution in [0.25, 0.3) is 0 Å². The molecule has 0 fully saturated rings. The zero-order valence-electron chi connectivity index (χ0n) is 9.59. The average Bonchev–Trinajstić information content (AvgIpc) is 2.21. The number of hydrogen-bond donors (Lipinski definition) is 0. The Morgan fingerprint density at radius 3 is 2.00 bits per heavy atom. The van der Waals surface area contributed by atoms with Crippen molar-refractivity contribution in [2.24, 2.45) is 0 Å². The van der Waals surface area contributed by atoms with Crippen molar-refractivity contribution in [1.29, 1.82) is 0 Å². The molecule has 0 radical (unpaired) electrons. The van der Waals surface area contributed by atoms with Crippen LogP contribution in [0.2, 0.25) is 0 Å². The minimum absolute atomic E-state index is 0.716. The summed E-state index contributed by atoms with van der Waals surface area (Å²) >= 11 is 0. The lowest BCUT2D eigenvalue weighted by atomic mass is 10.3. The molecule has 86 valence electrons. The number of hydrogen-bond acceptors (Lipinski definition) is 3. The maximum atomic E-state index is 5.39. The van der Waals surface area contributed by atoms with E-state index in [0.717, 1.165) is 43.3 Å². The average molecular weight is 220 g/mol. The summed E-state index contributed by atoms with van der Waals surface area (Å²) in [5.74, 6) is 0. The number of ether oxygens (including phenoxy) is 2. The predicted octanol–water partition coefficient (Wildman–Crippen LogP) is 0.897. The summed E-state index contributed by atoms with van der Waals surface area (Å²) in [6.45, 7) is 6.14. The van der Waals surface area contributed by atoms with Gasteiger partial charge in [-0.1, -0.05) is 19.8 Å². The molecule has 0 aromatic carbocycles. The molecule has 0 aromatic heterocycles. The van der Waals surface area contributed by atoms with Gasteiger partial charge in [-0.3, -0.25) is 0 Å². The Balaban J connectivity index is 2.78. The van der Waals surface area contributed by atoms with Crippen LogP contribution in [0.1, 0.15) is 32.6 Å². The molecule has 0 amide bonds. The summed E-state index contributed by atoms with van der Waals surface area (Å²) < 4.78 is 15.8. The molecular weight excluding hydrogens is 196 g/mol. The van der Waals surface area contributed by atoms with Gasteiger partial charge >= 0.3 is 0 Å². The molecule has 0 saturated carbocycles. The molecule has 0 aliphatic carbocycles. The summed E-state index contributed by atoms with van der Waals surface area (Å²) in [7, 11) is 0.830. The topological polar surface area (TPSA) is 27.7 Å². The fraction of sp³-hybridized carbons (Fsp3) is 1.00. The summed E-state index contributed by atoms with van der Waals surface area (Å²) in [6, 6.07) is 0. The van der Waals surface area contributed by atoms with Crippen molar-refractivity contribution in [1.82, 2.24) is 0 Å². The van der Waals surface area contributed by atoms with Gasteiger partial charge in [0.05, 0.1) is 13.2 Å². The lowest BCUT2D eigenvalue weighted by Gasteiger charge is -2.05.